The number of aromatic nitrogens is 3. The predicted molar refractivity (Wildman–Crippen MR) is 164 cm³/mol. The van der Waals surface area contributed by atoms with Gasteiger partial charge in [-0.15, -0.1) is 0 Å². The molecule has 1 aromatic heterocycles. The molecule has 42 heavy (non-hydrogen) atoms. The fraction of sp³-hybridized carbons (Fsp3) is 0.290. The molecule has 0 saturated carbocycles. The third kappa shape index (κ3) is 11.1. The van der Waals surface area contributed by atoms with E-state index in [1.165, 1.54) is 0 Å². The quantitative estimate of drug-likeness (QED) is 0.113. The Bertz CT molecular complexity index is 1280. The predicted octanol–water partition coefficient (Wildman–Crippen LogP) is 3.49. The summed E-state index contributed by atoms with van der Waals surface area (Å²) < 4.78 is 10.7. The highest BCUT2D eigenvalue weighted by Gasteiger charge is 2.09. The van der Waals surface area contributed by atoms with E-state index in [1.54, 1.807) is 0 Å². The summed E-state index contributed by atoms with van der Waals surface area (Å²) in [7, 11) is 0. The monoisotopic (exact) mass is 570 g/mol. The fourth-order valence-electron chi connectivity index (χ4n) is 3.89. The van der Waals surface area contributed by atoms with Gasteiger partial charge in [-0.1, -0.05) is 72.8 Å². The second kappa shape index (κ2) is 17.3. The highest BCUT2D eigenvalue weighted by atomic mass is 16.5. The number of ether oxygens (including phenoxy) is 2. The van der Waals surface area contributed by atoms with Gasteiger partial charge >= 0.3 is 0 Å². The average Bonchev–Trinajstić information content (AvgIpc) is 3.02. The number of carbonyl (C=O) groups is 1. The Kier molecular flexibility index (Phi) is 12.5. The fourth-order valence-corrected chi connectivity index (χ4v) is 3.89. The zero-order chi connectivity index (χ0) is 29.2. The molecule has 4 rings (SSSR count). The zero-order valence-electron chi connectivity index (χ0n) is 23.6. The number of rotatable bonds is 18. The van der Waals surface area contributed by atoms with Crippen LogP contribution in [0.4, 0.5) is 23.5 Å². The third-order valence-electron chi connectivity index (χ3n) is 6.00. The SMILES string of the molecule is NCCOCCOCCNC(=O)Cc1ccc(Nc2nc(NCc3ccccc3)nc(NCc3ccccc3)n2)cc1. The van der Waals surface area contributed by atoms with Crippen LogP contribution in [0.15, 0.2) is 84.9 Å². The first-order valence-corrected chi connectivity index (χ1v) is 14.0. The van der Waals surface area contributed by atoms with Gasteiger partial charge in [-0.25, -0.2) is 0 Å². The molecule has 1 amide bonds. The lowest BCUT2D eigenvalue weighted by atomic mass is 10.1. The van der Waals surface area contributed by atoms with Crippen LogP contribution in [0.5, 0.6) is 0 Å². The molecule has 220 valence electrons. The van der Waals surface area contributed by atoms with Crippen LogP contribution < -0.4 is 27.0 Å². The molecule has 0 spiro atoms. The van der Waals surface area contributed by atoms with Crippen LogP contribution in [0.1, 0.15) is 16.7 Å². The van der Waals surface area contributed by atoms with Gasteiger partial charge in [0.1, 0.15) is 0 Å². The average molecular weight is 571 g/mol. The molecule has 0 aliphatic carbocycles. The zero-order valence-corrected chi connectivity index (χ0v) is 23.6. The molecular weight excluding hydrogens is 532 g/mol. The van der Waals surface area contributed by atoms with E-state index in [4.69, 9.17) is 15.2 Å². The largest absolute Gasteiger partial charge is 0.378 e. The number of benzene rings is 3. The van der Waals surface area contributed by atoms with E-state index in [2.05, 4.69) is 36.2 Å². The Balaban J connectivity index is 1.31. The molecule has 0 atom stereocenters. The number of amides is 1. The van der Waals surface area contributed by atoms with Crippen molar-refractivity contribution in [3.8, 4) is 0 Å². The van der Waals surface area contributed by atoms with E-state index >= 15 is 0 Å². The lowest BCUT2D eigenvalue weighted by Gasteiger charge is -2.12. The molecule has 0 fully saturated rings. The van der Waals surface area contributed by atoms with E-state index in [9.17, 15) is 4.79 Å². The van der Waals surface area contributed by atoms with Crippen molar-refractivity contribution in [2.75, 3.05) is 55.5 Å². The van der Waals surface area contributed by atoms with Crippen molar-refractivity contribution in [1.29, 1.82) is 0 Å². The molecule has 11 heteroatoms. The lowest BCUT2D eigenvalue weighted by molar-refractivity contribution is -0.120. The van der Waals surface area contributed by atoms with Crippen molar-refractivity contribution in [3.63, 3.8) is 0 Å². The van der Waals surface area contributed by atoms with Gasteiger partial charge in [0.15, 0.2) is 0 Å². The van der Waals surface area contributed by atoms with Crippen LogP contribution in [0.3, 0.4) is 0 Å². The van der Waals surface area contributed by atoms with Gasteiger partial charge in [0.25, 0.3) is 0 Å². The maximum atomic E-state index is 12.3. The van der Waals surface area contributed by atoms with Crippen LogP contribution in [-0.4, -0.2) is 60.4 Å². The van der Waals surface area contributed by atoms with E-state index in [0.717, 1.165) is 22.4 Å². The minimum Gasteiger partial charge on any atom is -0.378 e. The van der Waals surface area contributed by atoms with E-state index in [-0.39, 0.29) is 12.3 Å². The molecule has 6 N–H and O–H groups in total. The first-order valence-electron chi connectivity index (χ1n) is 14.0. The summed E-state index contributed by atoms with van der Waals surface area (Å²) in [4.78, 5) is 26.0. The summed E-state index contributed by atoms with van der Waals surface area (Å²) in [6, 6.07) is 27.7. The normalized spacial score (nSPS) is 10.7. The highest BCUT2D eigenvalue weighted by molar-refractivity contribution is 5.78. The van der Waals surface area contributed by atoms with Crippen molar-refractivity contribution < 1.29 is 14.3 Å². The Labute approximate surface area is 246 Å². The van der Waals surface area contributed by atoms with Gasteiger partial charge in [-0.3, -0.25) is 4.79 Å². The molecule has 3 aromatic carbocycles. The Morgan fingerprint density at radius 3 is 1.76 bits per heavy atom. The summed E-state index contributed by atoms with van der Waals surface area (Å²) in [5.41, 5.74) is 9.28. The lowest BCUT2D eigenvalue weighted by Crippen LogP contribution is -2.29. The van der Waals surface area contributed by atoms with Crippen LogP contribution in [-0.2, 0) is 33.8 Å². The van der Waals surface area contributed by atoms with Crippen LogP contribution in [0, 0.1) is 0 Å². The smallest absolute Gasteiger partial charge is 0.233 e. The van der Waals surface area contributed by atoms with Crippen molar-refractivity contribution in [3.05, 3.63) is 102 Å². The molecule has 0 saturated heterocycles. The molecule has 0 aliphatic heterocycles. The van der Waals surface area contributed by atoms with E-state index in [1.807, 2.05) is 84.9 Å². The van der Waals surface area contributed by atoms with Gasteiger partial charge in [0, 0.05) is 31.9 Å². The maximum absolute atomic E-state index is 12.3. The van der Waals surface area contributed by atoms with E-state index in [0.29, 0.717) is 70.5 Å². The number of hydrogen-bond donors (Lipinski definition) is 5. The second-order valence-corrected chi connectivity index (χ2v) is 9.35. The number of nitrogens with one attached hydrogen (secondary N) is 4. The number of carbonyl (C=O) groups excluding carboxylic acids is 1. The van der Waals surface area contributed by atoms with Crippen LogP contribution in [0.2, 0.25) is 0 Å². The van der Waals surface area contributed by atoms with Crippen molar-refractivity contribution in [2.45, 2.75) is 19.5 Å². The third-order valence-corrected chi connectivity index (χ3v) is 6.00. The van der Waals surface area contributed by atoms with Gasteiger partial charge in [0.2, 0.25) is 23.8 Å². The number of hydrogen-bond acceptors (Lipinski definition) is 10. The molecule has 0 aliphatic rings. The van der Waals surface area contributed by atoms with Crippen molar-refractivity contribution in [2.24, 2.45) is 5.73 Å². The molecule has 0 radical (unpaired) electrons. The maximum Gasteiger partial charge on any atom is 0.233 e. The Morgan fingerprint density at radius 1 is 0.643 bits per heavy atom. The number of nitrogens with zero attached hydrogens (tertiary/aromatic N) is 3. The first-order chi connectivity index (χ1) is 20.7. The van der Waals surface area contributed by atoms with Crippen molar-refractivity contribution in [1.82, 2.24) is 20.3 Å². The Hall–Kier alpha value is -4.58. The van der Waals surface area contributed by atoms with E-state index < -0.39 is 0 Å². The molecule has 0 bridgehead atoms. The summed E-state index contributed by atoms with van der Waals surface area (Å²) >= 11 is 0. The minimum absolute atomic E-state index is 0.0700. The van der Waals surface area contributed by atoms with Gasteiger partial charge in [-0.05, 0) is 28.8 Å². The first kappa shape index (κ1) is 30.4. The summed E-state index contributed by atoms with van der Waals surface area (Å²) in [5, 5.41) is 12.7. The molecule has 11 nitrogen and oxygen atoms in total. The van der Waals surface area contributed by atoms with Crippen LogP contribution >= 0.6 is 0 Å². The van der Waals surface area contributed by atoms with Crippen molar-refractivity contribution >= 4 is 29.4 Å². The highest BCUT2D eigenvalue weighted by Crippen LogP contribution is 2.18. The molecule has 4 aromatic rings. The number of anilines is 4. The summed E-state index contributed by atoms with van der Waals surface area (Å²) in [6.45, 7) is 4.00. The Morgan fingerprint density at radius 2 is 1.19 bits per heavy atom. The molecule has 1 heterocycles. The van der Waals surface area contributed by atoms with Gasteiger partial charge in [0.05, 0.1) is 32.8 Å². The van der Waals surface area contributed by atoms with Gasteiger partial charge < -0.3 is 36.5 Å². The van der Waals surface area contributed by atoms with Crippen LogP contribution in [0.25, 0.3) is 0 Å². The summed E-state index contributed by atoms with van der Waals surface area (Å²) in [5.74, 6) is 1.23. The molecular formula is C31H38N8O3. The minimum atomic E-state index is -0.0700. The standard InChI is InChI=1S/C31H38N8O3/c32-15-17-41-19-20-42-18-16-33-28(40)21-24-11-13-27(14-12-24)36-31-38-29(34-22-25-7-3-1-4-8-25)37-30(39-31)35-23-26-9-5-2-6-10-26/h1-14H,15-23,32H2,(H,33,40)(H3,34,35,36,37,38,39). The molecule has 0 unspecified atom stereocenters. The summed E-state index contributed by atoms with van der Waals surface area (Å²) in [6.07, 6.45) is 0.271. The number of nitrogens with two attached hydrogens (primary N) is 1. The van der Waals surface area contributed by atoms with Gasteiger partial charge in [-0.2, -0.15) is 15.0 Å². The second-order valence-electron chi connectivity index (χ2n) is 9.35. The topological polar surface area (TPSA) is 148 Å².